The summed E-state index contributed by atoms with van der Waals surface area (Å²) in [7, 11) is 0. The third-order valence-corrected chi connectivity index (χ3v) is 6.04. The molecule has 3 aliphatic rings. The maximum Gasteiger partial charge on any atom is 0.490 e. The van der Waals surface area contributed by atoms with Crippen LogP contribution in [-0.4, -0.2) is 89.7 Å². The van der Waals surface area contributed by atoms with Crippen LogP contribution in [0.3, 0.4) is 0 Å². The van der Waals surface area contributed by atoms with Crippen LogP contribution in [0, 0.1) is 19.8 Å². The topological polar surface area (TPSA) is 105 Å². The van der Waals surface area contributed by atoms with E-state index in [0.29, 0.717) is 32.2 Å². The highest BCUT2D eigenvalue weighted by Gasteiger charge is 2.43. The lowest BCUT2D eigenvalue weighted by Crippen LogP contribution is -2.46. The first-order valence-electron chi connectivity index (χ1n) is 10.5. The number of carbonyl (C=O) groups is 2. The van der Waals surface area contributed by atoms with E-state index in [0.717, 1.165) is 43.9 Å². The number of rotatable bonds is 3. The average Bonchev–Trinajstić information content (AvgIpc) is 3.31. The molecule has 3 atom stereocenters. The van der Waals surface area contributed by atoms with Crippen molar-refractivity contribution in [1.29, 1.82) is 0 Å². The molecule has 4 heterocycles. The van der Waals surface area contributed by atoms with Crippen LogP contribution >= 0.6 is 0 Å². The zero-order chi connectivity index (χ0) is 23.5. The highest BCUT2D eigenvalue weighted by atomic mass is 19.4. The minimum Gasteiger partial charge on any atom is -0.475 e. The Kier molecular flexibility index (Phi) is 7.78. The Morgan fingerprint density at radius 1 is 1.19 bits per heavy atom. The first-order chi connectivity index (χ1) is 15.1. The Balaban J connectivity index is 0.000000360. The number of carboxylic acid groups (broad SMARTS) is 1. The van der Waals surface area contributed by atoms with Crippen LogP contribution < -0.4 is 0 Å². The summed E-state index contributed by atoms with van der Waals surface area (Å²) in [6.07, 6.45) is -3.25. The molecule has 0 unspecified atom stereocenters. The van der Waals surface area contributed by atoms with Crippen LogP contribution in [-0.2, 0) is 25.6 Å². The van der Waals surface area contributed by atoms with E-state index in [-0.39, 0.29) is 18.1 Å². The molecule has 32 heavy (non-hydrogen) atoms. The Labute approximate surface area is 183 Å². The second-order valence-corrected chi connectivity index (χ2v) is 8.23. The molecule has 0 radical (unpaired) electrons. The molecule has 12 heteroatoms. The molecular weight excluding hydrogens is 435 g/mol. The van der Waals surface area contributed by atoms with E-state index in [1.54, 1.807) is 0 Å². The van der Waals surface area contributed by atoms with Crippen molar-refractivity contribution in [1.82, 2.24) is 15.0 Å². The Morgan fingerprint density at radius 2 is 1.84 bits per heavy atom. The molecule has 0 aliphatic carbocycles. The second kappa shape index (κ2) is 10.2. The molecule has 9 nitrogen and oxygen atoms in total. The van der Waals surface area contributed by atoms with Crippen molar-refractivity contribution >= 4 is 11.9 Å². The molecule has 0 spiro atoms. The van der Waals surface area contributed by atoms with Crippen molar-refractivity contribution in [3.63, 3.8) is 0 Å². The lowest BCUT2D eigenvalue weighted by atomic mass is 9.91. The number of halogens is 3. The third kappa shape index (κ3) is 5.99. The monoisotopic (exact) mass is 463 g/mol. The summed E-state index contributed by atoms with van der Waals surface area (Å²) in [4.78, 5) is 25.9. The minimum absolute atomic E-state index is 0.148. The number of carbonyl (C=O) groups excluding carboxylic acids is 1. The van der Waals surface area contributed by atoms with Crippen LogP contribution in [0.15, 0.2) is 4.52 Å². The predicted octanol–water partition coefficient (Wildman–Crippen LogP) is 1.76. The van der Waals surface area contributed by atoms with Crippen LogP contribution in [0.1, 0.15) is 29.9 Å². The number of carboxylic acids is 1. The van der Waals surface area contributed by atoms with Crippen molar-refractivity contribution in [2.24, 2.45) is 5.92 Å². The van der Waals surface area contributed by atoms with Gasteiger partial charge in [-0.3, -0.25) is 9.69 Å². The summed E-state index contributed by atoms with van der Waals surface area (Å²) >= 11 is 0. The van der Waals surface area contributed by atoms with Gasteiger partial charge in [0.1, 0.15) is 11.9 Å². The van der Waals surface area contributed by atoms with Gasteiger partial charge in [-0.15, -0.1) is 0 Å². The van der Waals surface area contributed by atoms with Crippen molar-refractivity contribution in [2.75, 3.05) is 39.4 Å². The standard InChI is InChI=1S/C18H27N3O4.C2HF3O2/c1-12-15(13(2)25-19-12)10-20-4-3-14-9-16(24-17(14)11-20)18(22)21-5-7-23-8-6-21;3-2(4,5)1(6)7/h14,16-17H,3-11H2,1-2H3;(H,6,7)/t14-,16-,17-;/m0./s1. The van der Waals surface area contributed by atoms with E-state index in [1.165, 1.54) is 5.56 Å². The van der Waals surface area contributed by atoms with E-state index < -0.39 is 12.1 Å². The summed E-state index contributed by atoms with van der Waals surface area (Å²) in [5, 5.41) is 11.2. The molecule has 3 fully saturated rings. The molecule has 0 bridgehead atoms. The number of hydrogen-bond acceptors (Lipinski definition) is 7. The number of alkyl halides is 3. The zero-order valence-corrected chi connectivity index (χ0v) is 18.1. The lowest BCUT2D eigenvalue weighted by molar-refractivity contribution is -0.192. The number of aromatic nitrogens is 1. The molecule has 180 valence electrons. The van der Waals surface area contributed by atoms with Gasteiger partial charge >= 0.3 is 12.1 Å². The van der Waals surface area contributed by atoms with Gasteiger partial charge in [-0.2, -0.15) is 13.2 Å². The van der Waals surface area contributed by atoms with E-state index >= 15 is 0 Å². The molecule has 1 aromatic rings. The van der Waals surface area contributed by atoms with E-state index in [1.807, 2.05) is 18.7 Å². The maximum atomic E-state index is 12.7. The smallest absolute Gasteiger partial charge is 0.475 e. The maximum absolute atomic E-state index is 12.7. The summed E-state index contributed by atoms with van der Waals surface area (Å²) in [5.74, 6) is -1.22. The molecule has 1 amide bonds. The van der Waals surface area contributed by atoms with Gasteiger partial charge in [0.25, 0.3) is 5.91 Å². The van der Waals surface area contributed by atoms with Crippen molar-refractivity contribution in [3.8, 4) is 0 Å². The first kappa shape index (κ1) is 24.5. The molecule has 1 N–H and O–H groups in total. The van der Waals surface area contributed by atoms with Crippen LogP contribution in [0.5, 0.6) is 0 Å². The average molecular weight is 463 g/mol. The van der Waals surface area contributed by atoms with Crippen LogP contribution in [0.25, 0.3) is 0 Å². The normalized spacial score (nSPS) is 26.3. The Morgan fingerprint density at radius 3 is 2.41 bits per heavy atom. The first-order valence-corrected chi connectivity index (χ1v) is 10.5. The lowest BCUT2D eigenvalue weighted by Gasteiger charge is -2.34. The van der Waals surface area contributed by atoms with Crippen molar-refractivity contribution in [2.45, 2.75) is 51.6 Å². The van der Waals surface area contributed by atoms with Gasteiger partial charge in [0, 0.05) is 31.7 Å². The van der Waals surface area contributed by atoms with Crippen molar-refractivity contribution < 1.29 is 41.9 Å². The number of fused-ring (bicyclic) bond motifs is 1. The number of aliphatic carboxylic acids is 1. The number of amides is 1. The molecule has 3 aliphatic heterocycles. The zero-order valence-electron chi connectivity index (χ0n) is 18.1. The van der Waals surface area contributed by atoms with Gasteiger partial charge in [-0.1, -0.05) is 5.16 Å². The minimum atomic E-state index is -5.08. The van der Waals surface area contributed by atoms with Crippen LogP contribution in [0.2, 0.25) is 0 Å². The van der Waals surface area contributed by atoms with Crippen LogP contribution in [0.4, 0.5) is 13.2 Å². The van der Waals surface area contributed by atoms with E-state index in [9.17, 15) is 18.0 Å². The van der Waals surface area contributed by atoms with Gasteiger partial charge in [0.05, 0.1) is 25.0 Å². The van der Waals surface area contributed by atoms with E-state index in [2.05, 4.69) is 10.1 Å². The van der Waals surface area contributed by atoms with Gasteiger partial charge in [-0.25, -0.2) is 4.79 Å². The van der Waals surface area contributed by atoms with Gasteiger partial charge < -0.3 is 24.0 Å². The number of hydrogen-bond donors (Lipinski definition) is 1. The molecule has 3 saturated heterocycles. The highest BCUT2D eigenvalue weighted by molar-refractivity contribution is 5.81. The quantitative estimate of drug-likeness (QED) is 0.723. The number of nitrogens with zero attached hydrogens (tertiary/aromatic N) is 3. The third-order valence-electron chi connectivity index (χ3n) is 6.04. The molecule has 4 rings (SSSR count). The number of likely N-dealkylation sites (tertiary alicyclic amines) is 1. The molecule has 1 aromatic heterocycles. The molecule has 0 aromatic carbocycles. The van der Waals surface area contributed by atoms with E-state index in [4.69, 9.17) is 23.9 Å². The Hall–Kier alpha value is -2.18. The Bertz CT molecular complexity index is 789. The number of aryl methyl sites for hydroxylation is 2. The fourth-order valence-electron chi connectivity index (χ4n) is 4.24. The summed E-state index contributed by atoms with van der Waals surface area (Å²) in [5.41, 5.74) is 2.14. The van der Waals surface area contributed by atoms with Crippen molar-refractivity contribution in [3.05, 3.63) is 17.0 Å². The molecular formula is C20H28F3N3O6. The summed E-state index contributed by atoms with van der Waals surface area (Å²) in [6, 6.07) is 0. The second-order valence-electron chi connectivity index (χ2n) is 8.23. The predicted molar refractivity (Wildman–Crippen MR) is 104 cm³/mol. The largest absolute Gasteiger partial charge is 0.490 e. The SMILES string of the molecule is Cc1noc(C)c1CN1CC[C@H]2C[C@@H](C(=O)N3CCOCC3)O[C@H]2C1.O=C(O)C(F)(F)F. The van der Waals surface area contributed by atoms with Gasteiger partial charge in [0.2, 0.25) is 0 Å². The number of morpholine rings is 1. The van der Waals surface area contributed by atoms with Gasteiger partial charge in [-0.05, 0) is 39.2 Å². The molecule has 0 saturated carbocycles. The fraction of sp³-hybridized carbons (Fsp3) is 0.750. The fourth-order valence-corrected chi connectivity index (χ4v) is 4.24. The van der Waals surface area contributed by atoms with Gasteiger partial charge in [0.15, 0.2) is 0 Å². The summed E-state index contributed by atoms with van der Waals surface area (Å²) in [6.45, 7) is 9.35. The number of ether oxygens (including phenoxy) is 2. The summed E-state index contributed by atoms with van der Waals surface area (Å²) < 4.78 is 48.5. The highest BCUT2D eigenvalue weighted by Crippen LogP contribution is 2.35. The number of piperidine rings is 1.